The third-order valence-corrected chi connectivity index (χ3v) is 6.20. The highest BCUT2D eigenvalue weighted by molar-refractivity contribution is 6.76. The standard InChI is InChI=1S/C17H26ClN3O2Si/c1-24(2,3)9-8-23-13-21-12-16(20-4-6-22-7-5-20)14-11-19-17(18)10-15(14)21/h10-12H,4-9,13H2,1-3H3. The van der Waals surface area contributed by atoms with Gasteiger partial charge in [-0.2, -0.15) is 0 Å². The van der Waals surface area contributed by atoms with Crippen molar-refractivity contribution in [1.29, 1.82) is 0 Å². The second kappa shape index (κ2) is 7.43. The highest BCUT2D eigenvalue weighted by Gasteiger charge is 2.18. The molecule has 2 aromatic heterocycles. The molecule has 0 atom stereocenters. The molecule has 5 nitrogen and oxygen atoms in total. The normalized spacial score (nSPS) is 16.1. The van der Waals surface area contributed by atoms with Gasteiger partial charge in [0.25, 0.3) is 0 Å². The Morgan fingerprint density at radius 1 is 1.29 bits per heavy atom. The van der Waals surface area contributed by atoms with Gasteiger partial charge in [0.1, 0.15) is 11.9 Å². The van der Waals surface area contributed by atoms with Crippen LogP contribution in [0.5, 0.6) is 0 Å². The zero-order chi connectivity index (χ0) is 17.2. The molecule has 1 fully saturated rings. The van der Waals surface area contributed by atoms with Crippen molar-refractivity contribution in [2.75, 3.05) is 37.8 Å². The van der Waals surface area contributed by atoms with Crippen LogP contribution in [0.25, 0.3) is 10.9 Å². The van der Waals surface area contributed by atoms with Gasteiger partial charge in [-0.05, 0) is 12.1 Å². The van der Waals surface area contributed by atoms with Crippen molar-refractivity contribution in [1.82, 2.24) is 9.55 Å². The number of aromatic nitrogens is 2. The van der Waals surface area contributed by atoms with Crippen LogP contribution in [0.4, 0.5) is 5.69 Å². The predicted molar refractivity (Wildman–Crippen MR) is 102 cm³/mol. The number of morpholine rings is 1. The first-order valence-corrected chi connectivity index (χ1v) is 12.6. The number of hydrogen-bond donors (Lipinski definition) is 0. The monoisotopic (exact) mass is 367 g/mol. The maximum Gasteiger partial charge on any atom is 0.131 e. The second-order valence-corrected chi connectivity index (χ2v) is 13.5. The Kier molecular flexibility index (Phi) is 5.49. The second-order valence-electron chi connectivity index (χ2n) is 7.46. The van der Waals surface area contributed by atoms with E-state index in [0.29, 0.717) is 11.9 Å². The van der Waals surface area contributed by atoms with Gasteiger partial charge in [-0.1, -0.05) is 31.2 Å². The molecule has 2 aromatic rings. The van der Waals surface area contributed by atoms with Gasteiger partial charge in [0.05, 0.1) is 24.4 Å². The van der Waals surface area contributed by atoms with Gasteiger partial charge >= 0.3 is 0 Å². The van der Waals surface area contributed by atoms with Crippen LogP contribution in [-0.2, 0) is 16.2 Å². The van der Waals surface area contributed by atoms with Gasteiger partial charge in [-0.3, -0.25) is 0 Å². The molecule has 24 heavy (non-hydrogen) atoms. The smallest absolute Gasteiger partial charge is 0.131 e. The first-order valence-electron chi connectivity index (χ1n) is 8.49. The number of anilines is 1. The quantitative estimate of drug-likeness (QED) is 0.442. The SMILES string of the molecule is C[Si](C)(C)CCOCn1cc(N2CCOCC2)c2cnc(Cl)cc21. The van der Waals surface area contributed by atoms with E-state index in [2.05, 4.69) is 40.3 Å². The number of pyridine rings is 1. The first kappa shape index (κ1) is 17.7. The summed E-state index contributed by atoms with van der Waals surface area (Å²) >= 11 is 6.11. The van der Waals surface area contributed by atoms with E-state index in [-0.39, 0.29) is 0 Å². The van der Waals surface area contributed by atoms with Crippen LogP contribution in [0.1, 0.15) is 0 Å². The predicted octanol–water partition coefficient (Wildman–Crippen LogP) is 3.84. The summed E-state index contributed by atoms with van der Waals surface area (Å²) in [5.41, 5.74) is 2.26. The zero-order valence-electron chi connectivity index (χ0n) is 14.7. The summed E-state index contributed by atoms with van der Waals surface area (Å²) in [6.07, 6.45) is 4.02. The molecular weight excluding hydrogens is 342 g/mol. The van der Waals surface area contributed by atoms with Crippen molar-refractivity contribution in [2.24, 2.45) is 0 Å². The van der Waals surface area contributed by atoms with Gasteiger partial charge in [0, 0.05) is 45.6 Å². The number of rotatable bonds is 6. The number of nitrogens with zero attached hydrogens (tertiary/aromatic N) is 3. The molecule has 1 aliphatic rings. The maximum absolute atomic E-state index is 6.11. The molecule has 0 amide bonds. The van der Waals surface area contributed by atoms with Crippen LogP contribution in [0.2, 0.25) is 30.8 Å². The minimum Gasteiger partial charge on any atom is -0.378 e. The molecule has 0 N–H and O–H groups in total. The molecule has 0 aromatic carbocycles. The third kappa shape index (κ3) is 4.30. The average molecular weight is 368 g/mol. The molecule has 3 rings (SSSR count). The van der Waals surface area contributed by atoms with E-state index in [1.54, 1.807) is 0 Å². The number of hydrogen-bond acceptors (Lipinski definition) is 4. The van der Waals surface area contributed by atoms with E-state index >= 15 is 0 Å². The summed E-state index contributed by atoms with van der Waals surface area (Å²) in [5, 5.41) is 1.63. The van der Waals surface area contributed by atoms with Gasteiger partial charge in [0.2, 0.25) is 0 Å². The zero-order valence-corrected chi connectivity index (χ0v) is 16.5. The lowest BCUT2D eigenvalue weighted by atomic mass is 10.2. The van der Waals surface area contributed by atoms with E-state index < -0.39 is 8.07 Å². The summed E-state index contributed by atoms with van der Waals surface area (Å²) in [7, 11) is -1.07. The van der Waals surface area contributed by atoms with Crippen LogP contribution in [0.3, 0.4) is 0 Å². The molecule has 1 saturated heterocycles. The Balaban J connectivity index is 1.80. The highest BCUT2D eigenvalue weighted by atomic mass is 35.5. The Morgan fingerprint density at radius 3 is 2.75 bits per heavy atom. The van der Waals surface area contributed by atoms with E-state index in [1.165, 1.54) is 11.7 Å². The van der Waals surface area contributed by atoms with Crippen LogP contribution in [-0.4, -0.2) is 50.5 Å². The molecule has 1 aliphatic heterocycles. The van der Waals surface area contributed by atoms with Gasteiger partial charge in [-0.25, -0.2) is 4.98 Å². The van der Waals surface area contributed by atoms with Crippen molar-refractivity contribution < 1.29 is 9.47 Å². The van der Waals surface area contributed by atoms with Crippen molar-refractivity contribution in [3.05, 3.63) is 23.6 Å². The largest absolute Gasteiger partial charge is 0.378 e. The lowest BCUT2D eigenvalue weighted by Crippen LogP contribution is -2.36. The Bertz CT molecular complexity index is 693. The van der Waals surface area contributed by atoms with E-state index in [9.17, 15) is 0 Å². The van der Waals surface area contributed by atoms with Crippen molar-refractivity contribution in [3.8, 4) is 0 Å². The molecule has 7 heteroatoms. The molecule has 132 valence electrons. The van der Waals surface area contributed by atoms with Crippen LogP contribution in [0, 0.1) is 0 Å². The maximum atomic E-state index is 6.11. The third-order valence-electron chi connectivity index (χ3n) is 4.29. The molecule has 0 aliphatic carbocycles. The lowest BCUT2D eigenvalue weighted by Gasteiger charge is -2.28. The molecule has 0 unspecified atom stereocenters. The molecular formula is C17H26ClN3O2Si. The molecule has 0 saturated carbocycles. The number of halogens is 1. The number of fused-ring (bicyclic) bond motifs is 1. The number of ether oxygens (including phenoxy) is 2. The van der Waals surface area contributed by atoms with E-state index in [4.69, 9.17) is 21.1 Å². The lowest BCUT2D eigenvalue weighted by molar-refractivity contribution is 0.0902. The van der Waals surface area contributed by atoms with Crippen molar-refractivity contribution >= 4 is 36.3 Å². The first-order chi connectivity index (χ1) is 11.4. The van der Waals surface area contributed by atoms with Crippen LogP contribution < -0.4 is 4.90 Å². The van der Waals surface area contributed by atoms with E-state index in [1.807, 2.05) is 12.3 Å². The minimum atomic E-state index is -1.07. The fourth-order valence-electron chi connectivity index (χ4n) is 2.85. The highest BCUT2D eigenvalue weighted by Crippen LogP contribution is 2.30. The van der Waals surface area contributed by atoms with Gasteiger partial charge in [0.15, 0.2) is 0 Å². The Hall–Kier alpha value is -1.08. The van der Waals surface area contributed by atoms with Gasteiger partial charge in [-0.15, -0.1) is 0 Å². The van der Waals surface area contributed by atoms with Crippen molar-refractivity contribution in [2.45, 2.75) is 32.4 Å². The van der Waals surface area contributed by atoms with E-state index in [0.717, 1.165) is 43.8 Å². The fraction of sp³-hybridized carbons (Fsp3) is 0.588. The van der Waals surface area contributed by atoms with Crippen LogP contribution >= 0.6 is 11.6 Å². The topological polar surface area (TPSA) is 39.5 Å². The van der Waals surface area contributed by atoms with Crippen LogP contribution in [0.15, 0.2) is 18.5 Å². The summed E-state index contributed by atoms with van der Waals surface area (Å²) < 4.78 is 13.5. The van der Waals surface area contributed by atoms with Crippen molar-refractivity contribution in [3.63, 3.8) is 0 Å². The fourth-order valence-corrected chi connectivity index (χ4v) is 3.76. The molecule has 0 radical (unpaired) electrons. The summed E-state index contributed by atoms with van der Waals surface area (Å²) in [5.74, 6) is 0. The minimum absolute atomic E-state index is 0.512. The summed E-state index contributed by atoms with van der Waals surface area (Å²) in [4.78, 5) is 6.61. The molecule has 3 heterocycles. The molecule has 0 bridgehead atoms. The molecule has 0 spiro atoms. The Labute approximate surface area is 149 Å². The summed E-state index contributed by atoms with van der Waals surface area (Å²) in [6, 6.07) is 3.09. The van der Waals surface area contributed by atoms with Gasteiger partial charge < -0.3 is 18.9 Å². The summed E-state index contributed by atoms with van der Waals surface area (Å²) in [6.45, 7) is 11.8. The average Bonchev–Trinajstić information content (AvgIpc) is 2.89. The Morgan fingerprint density at radius 2 is 2.04 bits per heavy atom.